The van der Waals surface area contributed by atoms with E-state index >= 15 is 0 Å². The zero-order valence-electron chi connectivity index (χ0n) is 12.9. The van der Waals surface area contributed by atoms with Crippen molar-refractivity contribution in [2.45, 2.75) is 51.2 Å². The van der Waals surface area contributed by atoms with Gasteiger partial charge in [0.2, 0.25) is 5.91 Å². The van der Waals surface area contributed by atoms with Crippen LogP contribution in [0.3, 0.4) is 0 Å². The molecule has 0 saturated carbocycles. The number of carbonyl (C=O) groups excluding carboxylic acids is 1. The van der Waals surface area contributed by atoms with Crippen molar-refractivity contribution in [2.24, 2.45) is 0 Å². The van der Waals surface area contributed by atoms with E-state index in [1.165, 1.54) is 6.42 Å². The molecule has 4 nitrogen and oxygen atoms in total. The number of phenols is 1. The number of hydrogen-bond donors (Lipinski definition) is 1. The average molecular weight is 291 g/mol. The normalized spacial score (nSPS) is 20.0. The number of phenolic OH excluding ortho intramolecular Hbond substituents is 1. The molecule has 1 saturated heterocycles. The number of hydrogen-bond acceptors (Lipinski definition) is 3. The van der Waals surface area contributed by atoms with Crippen LogP contribution in [0, 0.1) is 0 Å². The lowest BCUT2D eigenvalue weighted by atomic mass is 10.0. The number of nitrogens with zero attached hydrogens (tertiary/aromatic N) is 1. The minimum atomic E-state index is -0.133. The molecule has 0 radical (unpaired) electrons. The first kappa shape index (κ1) is 15.8. The number of para-hydroxylation sites is 1. The minimum absolute atomic E-state index is 0.0972. The zero-order valence-corrected chi connectivity index (χ0v) is 12.9. The Morgan fingerprint density at radius 1 is 1.43 bits per heavy atom. The van der Waals surface area contributed by atoms with Crippen molar-refractivity contribution in [3.63, 3.8) is 0 Å². The maximum atomic E-state index is 12.3. The van der Waals surface area contributed by atoms with Crippen molar-refractivity contribution in [3.05, 3.63) is 29.8 Å². The average Bonchev–Trinajstić information content (AvgIpc) is 2.52. The fourth-order valence-corrected chi connectivity index (χ4v) is 2.76. The second kappa shape index (κ2) is 7.46. The Balaban J connectivity index is 1.88. The number of aromatic hydroxyl groups is 1. The molecule has 4 heteroatoms. The number of amides is 1. The second-order valence-electron chi connectivity index (χ2n) is 5.77. The van der Waals surface area contributed by atoms with Gasteiger partial charge >= 0.3 is 0 Å². The summed E-state index contributed by atoms with van der Waals surface area (Å²) < 4.78 is 5.66. The Labute approximate surface area is 126 Å². The number of carbonyl (C=O) groups is 1. The van der Waals surface area contributed by atoms with Crippen LogP contribution in [0.5, 0.6) is 5.75 Å². The predicted octanol–water partition coefficient (Wildman–Crippen LogP) is 3.26. The number of rotatable bonds is 5. The lowest BCUT2D eigenvalue weighted by molar-refractivity contribution is -0.132. The molecule has 0 spiro atoms. The third kappa shape index (κ3) is 4.21. The van der Waals surface area contributed by atoms with Crippen LogP contribution in [-0.4, -0.2) is 35.7 Å². The maximum Gasteiger partial charge on any atom is 0.222 e. The molecule has 2 atom stereocenters. The fourth-order valence-electron chi connectivity index (χ4n) is 2.76. The van der Waals surface area contributed by atoms with Crippen molar-refractivity contribution in [2.75, 3.05) is 13.7 Å². The van der Waals surface area contributed by atoms with Crippen molar-refractivity contribution >= 4 is 5.91 Å². The Hall–Kier alpha value is -1.55. The highest BCUT2D eigenvalue weighted by atomic mass is 16.5. The Bertz CT molecular complexity index is 469. The van der Waals surface area contributed by atoms with Crippen LogP contribution < -0.4 is 0 Å². The lowest BCUT2D eigenvalue weighted by Crippen LogP contribution is -2.31. The zero-order chi connectivity index (χ0) is 15.2. The van der Waals surface area contributed by atoms with Gasteiger partial charge in [0, 0.05) is 25.6 Å². The molecule has 21 heavy (non-hydrogen) atoms. The van der Waals surface area contributed by atoms with Crippen LogP contribution in [-0.2, 0) is 9.53 Å². The summed E-state index contributed by atoms with van der Waals surface area (Å²) in [4.78, 5) is 14.0. The molecule has 1 amide bonds. The molecule has 0 bridgehead atoms. The van der Waals surface area contributed by atoms with Gasteiger partial charge in [0.05, 0.1) is 12.1 Å². The molecule has 0 aromatic heterocycles. The first-order valence-electron chi connectivity index (χ1n) is 7.74. The van der Waals surface area contributed by atoms with Gasteiger partial charge < -0.3 is 14.7 Å². The highest BCUT2D eigenvalue weighted by Crippen LogP contribution is 2.28. The molecule has 1 N–H and O–H groups in total. The summed E-state index contributed by atoms with van der Waals surface area (Å²) in [7, 11) is 1.79. The molecule has 2 rings (SSSR count). The van der Waals surface area contributed by atoms with Crippen LogP contribution in [0.25, 0.3) is 0 Å². The van der Waals surface area contributed by atoms with Crippen LogP contribution in [0.15, 0.2) is 24.3 Å². The molecule has 2 unspecified atom stereocenters. The topological polar surface area (TPSA) is 49.8 Å². The summed E-state index contributed by atoms with van der Waals surface area (Å²) in [5.41, 5.74) is 0.780. The van der Waals surface area contributed by atoms with E-state index in [2.05, 4.69) is 0 Å². The monoisotopic (exact) mass is 291 g/mol. The van der Waals surface area contributed by atoms with Gasteiger partial charge in [0.25, 0.3) is 0 Å². The lowest BCUT2D eigenvalue weighted by Gasteiger charge is -2.27. The quantitative estimate of drug-likeness (QED) is 0.906. The van der Waals surface area contributed by atoms with Gasteiger partial charge in [-0.2, -0.15) is 0 Å². The van der Waals surface area contributed by atoms with Crippen molar-refractivity contribution in [1.29, 1.82) is 0 Å². The van der Waals surface area contributed by atoms with Crippen molar-refractivity contribution in [3.8, 4) is 5.75 Å². The second-order valence-corrected chi connectivity index (χ2v) is 5.77. The third-order valence-electron chi connectivity index (χ3n) is 4.32. The SMILES string of the molecule is CC(c1ccccc1O)N(C)C(=O)CCC1CCCCO1. The molecule has 116 valence electrons. The summed E-state index contributed by atoms with van der Waals surface area (Å²) in [6.07, 6.45) is 4.91. The molecule has 1 aliphatic heterocycles. The van der Waals surface area contributed by atoms with Gasteiger partial charge in [-0.3, -0.25) is 4.79 Å². The minimum Gasteiger partial charge on any atom is -0.508 e. The number of ether oxygens (including phenoxy) is 1. The predicted molar refractivity (Wildman–Crippen MR) is 82.1 cm³/mol. The first-order valence-corrected chi connectivity index (χ1v) is 7.74. The van der Waals surface area contributed by atoms with Gasteiger partial charge in [-0.1, -0.05) is 18.2 Å². The van der Waals surface area contributed by atoms with E-state index in [0.717, 1.165) is 31.4 Å². The van der Waals surface area contributed by atoms with Gasteiger partial charge in [0.15, 0.2) is 0 Å². The van der Waals surface area contributed by atoms with Crippen LogP contribution in [0.2, 0.25) is 0 Å². The van der Waals surface area contributed by atoms with Gasteiger partial charge in [-0.15, -0.1) is 0 Å². The van der Waals surface area contributed by atoms with E-state index in [1.807, 2.05) is 19.1 Å². The third-order valence-corrected chi connectivity index (χ3v) is 4.32. The summed E-state index contributed by atoms with van der Waals surface area (Å²) in [6, 6.07) is 7.03. The smallest absolute Gasteiger partial charge is 0.222 e. The van der Waals surface area contributed by atoms with Crippen LogP contribution in [0.4, 0.5) is 0 Å². The number of benzene rings is 1. The summed E-state index contributed by atoms with van der Waals surface area (Å²) in [5.74, 6) is 0.334. The van der Waals surface area contributed by atoms with E-state index in [9.17, 15) is 9.90 Å². The van der Waals surface area contributed by atoms with Gasteiger partial charge in [-0.05, 0) is 38.7 Å². The molecule has 1 heterocycles. The molecular formula is C17H25NO3. The highest BCUT2D eigenvalue weighted by molar-refractivity contribution is 5.76. The van der Waals surface area contributed by atoms with Crippen molar-refractivity contribution in [1.82, 2.24) is 4.90 Å². The molecule has 1 aliphatic rings. The molecule has 1 aromatic carbocycles. The molecule has 1 fully saturated rings. The Morgan fingerprint density at radius 3 is 2.86 bits per heavy atom. The van der Waals surface area contributed by atoms with Crippen LogP contribution >= 0.6 is 0 Å². The Kier molecular flexibility index (Phi) is 5.62. The van der Waals surface area contributed by atoms with E-state index in [4.69, 9.17) is 4.74 Å². The summed E-state index contributed by atoms with van der Waals surface area (Å²) >= 11 is 0. The first-order chi connectivity index (χ1) is 10.1. The fraction of sp³-hybridized carbons (Fsp3) is 0.588. The summed E-state index contributed by atoms with van der Waals surface area (Å²) in [5, 5.41) is 9.89. The van der Waals surface area contributed by atoms with E-state index in [1.54, 1.807) is 24.1 Å². The standard InChI is InChI=1S/C17H25NO3/c1-13(15-8-3-4-9-16(15)19)18(2)17(20)11-10-14-7-5-6-12-21-14/h3-4,8-9,13-14,19H,5-7,10-12H2,1-2H3. The highest BCUT2D eigenvalue weighted by Gasteiger charge is 2.21. The Morgan fingerprint density at radius 2 is 2.19 bits per heavy atom. The van der Waals surface area contributed by atoms with Gasteiger partial charge in [0.1, 0.15) is 5.75 Å². The summed E-state index contributed by atoms with van der Waals surface area (Å²) in [6.45, 7) is 2.76. The largest absolute Gasteiger partial charge is 0.508 e. The van der Waals surface area contributed by atoms with Gasteiger partial charge in [-0.25, -0.2) is 0 Å². The maximum absolute atomic E-state index is 12.3. The molecular weight excluding hydrogens is 266 g/mol. The molecule has 0 aliphatic carbocycles. The van der Waals surface area contributed by atoms with E-state index in [0.29, 0.717) is 6.42 Å². The van der Waals surface area contributed by atoms with E-state index in [-0.39, 0.29) is 23.8 Å². The van der Waals surface area contributed by atoms with E-state index < -0.39 is 0 Å². The van der Waals surface area contributed by atoms with Crippen molar-refractivity contribution < 1.29 is 14.6 Å². The van der Waals surface area contributed by atoms with Crippen LogP contribution in [0.1, 0.15) is 50.6 Å². The molecule has 1 aromatic rings.